The molecule has 0 spiro atoms. The van der Waals surface area contributed by atoms with Gasteiger partial charge in [-0.2, -0.15) is 0 Å². The molecule has 0 saturated carbocycles. The summed E-state index contributed by atoms with van der Waals surface area (Å²) in [7, 11) is 0. The summed E-state index contributed by atoms with van der Waals surface area (Å²) >= 11 is 6.35. The molecule has 126 valence electrons. The number of aryl methyl sites for hydroxylation is 3. The molecule has 3 heteroatoms. The molecule has 0 aliphatic carbocycles. The molecule has 0 N–H and O–H groups in total. The van der Waals surface area contributed by atoms with Gasteiger partial charge in [0.1, 0.15) is 0 Å². The molecule has 0 unspecified atom stereocenters. The minimum absolute atomic E-state index is 0.687. The third kappa shape index (κ3) is 2.71. The van der Waals surface area contributed by atoms with E-state index in [9.17, 15) is 0 Å². The maximum absolute atomic E-state index is 6.35. The molecule has 0 bridgehead atoms. The zero-order valence-electron chi connectivity index (χ0n) is 14.8. The third-order valence-electron chi connectivity index (χ3n) is 4.89. The van der Waals surface area contributed by atoms with Crippen LogP contribution in [-0.2, 0) is 13.0 Å². The number of hydrogen-bond acceptors (Lipinski definition) is 1. The van der Waals surface area contributed by atoms with Gasteiger partial charge in [-0.15, -0.1) is 0 Å². The van der Waals surface area contributed by atoms with Crippen LogP contribution in [0, 0.1) is 13.8 Å². The topological polar surface area (TPSA) is 17.3 Å². The Kier molecular flexibility index (Phi) is 4.01. The van der Waals surface area contributed by atoms with Gasteiger partial charge >= 0.3 is 0 Å². The fourth-order valence-corrected chi connectivity index (χ4v) is 3.91. The van der Waals surface area contributed by atoms with E-state index in [1.54, 1.807) is 0 Å². The summed E-state index contributed by atoms with van der Waals surface area (Å²) in [5, 5.41) is 0.739. The van der Waals surface area contributed by atoms with Crippen LogP contribution in [0.4, 0.5) is 0 Å². The minimum Gasteiger partial charge on any atom is -0.315 e. The predicted molar refractivity (Wildman–Crippen MR) is 105 cm³/mol. The zero-order valence-corrected chi connectivity index (χ0v) is 15.6. The number of halogens is 1. The van der Waals surface area contributed by atoms with Crippen molar-refractivity contribution in [1.82, 2.24) is 4.57 Å². The van der Waals surface area contributed by atoms with Gasteiger partial charge in [-0.3, -0.25) is 4.99 Å². The van der Waals surface area contributed by atoms with E-state index in [-0.39, 0.29) is 0 Å². The molecule has 3 aromatic rings. The Labute approximate surface area is 153 Å². The highest BCUT2D eigenvalue weighted by molar-refractivity contribution is 6.31. The van der Waals surface area contributed by atoms with E-state index >= 15 is 0 Å². The monoisotopic (exact) mass is 348 g/mol. The van der Waals surface area contributed by atoms with Crippen molar-refractivity contribution in [2.24, 2.45) is 4.99 Å². The van der Waals surface area contributed by atoms with Crippen LogP contribution >= 0.6 is 11.6 Å². The van der Waals surface area contributed by atoms with Gasteiger partial charge in [0.05, 0.1) is 17.9 Å². The van der Waals surface area contributed by atoms with Crippen molar-refractivity contribution in [3.05, 3.63) is 87.2 Å². The summed E-state index contributed by atoms with van der Waals surface area (Å²) in [6.07, 6.45) is 1.02. The van der Waals surface area contributed by atoms with E-state index in [2.05, 4.69) is 61.7 Å². The summed E-state index contributed by atoms with van der Waals surface area (Å²) in [6.45, 7) is 7.17. The van der Waals surface area contributed by atoms with E-state index < -0.39 is 0 Å². The normalized spacial score (nSPS) is 13.0. The van der Waals surface area contributed by atoms with Crippen LogP contribution in [0.25, 0.3) is 5.69 Å². The Morgan fingerprint density at radius 2 is 1.92 bits per heavy atom. The van der Waals surface area contributed by atoms with Crippen molar-refractivity contribution in [2.75, 3.05) is 0 Å². The molecule has 0 fully saturated rings. The Morgan fingerprint density at radius 3 is 2.68 bits per heavy atom. The van der Waals surface area contributed by atoms with Crippen molar-refractivity contribution in [1.29, 1.82) is 0 Å². The molecule has 4 rings (SSSR count). The smallest absolute Gasteiger partial charge is 0.0805 e. The lowest BCUT2D eigenvalue weighted by molar-refractivity contribution is 0.879. The van der Waals surface area contributed by atoms with Crippen LogP contribution in [0.1, 0.15) is 40.6 Å². The van der Waals surface area contributed by atoms with E-state index in [0.717, 1.165) is 34.0 Å². The van der Waals surface area contributed by atoms with Gasteiger partial charge in [-0.05, 0) is 56.2 Å². The van der Waals surface area contributed by atoms with Crippen LogP contribution in [0.5, 0.6) is 0 Å². The van der Waals surface area contributed by atoms with Crippen molar-refractivity contribution < 1.29 is 0 Å². The average molecular weight is 349 g/mol. The average Bonchev–Trinajstić information content (AvgIpc) is 2.81. The van der Waals surface area contributed by atoms with Gasteiger partial charge in [-0.25, -0.2) is 0 Å². The summed E-state index contributed by atoms with van der Waals surface area (Å²) in [5.41, 5.74) is 9.55. The number of fused-ring (bicyclic) bond motifs is 3. The lowest BCUT2D eigenvalue weighted by atomic mass is 9.99. The first kappa shape index (κ1) is 16.2. The number of aliphatic imine (C=N–C) groups is 1. The molecular formula is C22H21ClN2. The van der Waals surface area contributed by atoms with Gasteiger partial charge in [0.15, 0.2) is 0 Å². The maximum Gasteiger partial charge on any atom is 0.0805 e. The van der Waals surface area contributed by atoms with Crippen LogP contribution in [0.15, 0.2) is 53.5 Å². The SMILES string of the molecule is CCc1cc(C)n2c1CN=C(c1cccc(C)c1)c1cc(Cl)ccc1-2. The maximum atomic E-state index is 6.35. The third-order valence-corrected chi connectivity index (χ3v) is 5.13. The largest absolute Gasteiger partial charge is 0.315 e. The highest BCUT2D eigenvalue weighted by atomic mass is 35.5. The lowest BCUT2D eigenvalue weighted by Crippen LogP contribution is -2.08. The van der Waals surface area contributed by atoms with Crippen LogP contribution in [0.3, 0.4) is 0 Å². The fourth-order valence-electron chi connectivity index (χ4n) is 3.74. The van der Waals surface area contributed by atoms with E-state index in [4.69, 9.17) is 16.6 Å². The number of aromatic nitrogens is 1. The summed E-state index contributed by atoms with van der Waals surface area (Å²) in [6, 6.07) is 16.9. The molecule has 0 atom stereocenters. The van der Waals surface area contributed by atoms with Crippen molar-refractivity contribution in [2.45, 2.75) is 33.7 Å². The lowest BCUT2D eigenvalue weighted by Gasteiger charge is -2.15. The molecule has 0 amide bonds. The first-order chi connectivity index (χ1) is 12.1. The molecule has 1 aliphatic rings. The molecule has 0 saturated heterocycles. The molecule has 25 heavy (non-hydrogen) atoms. The molecule has 1 aromatic heterocycles. The van der Waals surface area contributed by atoms with E-state index in [1.807, 2.05) is 12.1 Å². The van der Waals surface area contributed by atoms with Gasteiger partial charge in [0, 0.05) is 27.5 Å². The Bertz CT molecular complexity index is 995. The van der Waals surface area contributed by atoms with Crippen LogP contribution in [0.2, 0.25) is 5.02 Å². The first-order valence-electron chi connectivity index (χ1n) is 8.70. The van der Waals surface area contributed by atoms with Crippen molar-refractivity contribution >= 4 is 17.3 Å². The second-order valence-corrected chi connectivity index (χ2v) is 7.08. The highest BCUT2D eigenvalue weighted by Crippen LogP contribution is 2.31. The first-order valence-corrected chi connectivity index (χ1v) is 9.08. The van der Waals surface area contributed by atoms with Gasteiger partial charge < -0.3 is 4.57 Å². The second-order valence-electron chi connectivity index (χ2n) is 6.64. The van der Waals surface area contributed by atoms with Gasteiger partial charge in [0.2, 0.25) is 0 Å². The number of nitrogens with zero attached hydrogens (tertiary/aromatic N) is 2. The fraction of sp³-hybridized carbons (Fsp3) is 0.227. The Balaban J connectivity index is 2.01. The molecular weight excluding hydrogens is 328 g/mol. The Hall–Kier alpha value is -2.32. The molecule has 0 radical (unpaired) electrons. The van der Waals surface area contributed by atoms with Gasteiger partial charge in [0.25, 0.3) is 0 Å². The number of benzene rings is 2. The molecule has 2 nitrogen and oxygen atoms in total. The second kappa shape index (κ2) is 6.20. The molecule has 2 heterocycles. The number of rotatable bonds is 2. The summed E-state index contributed by atoms with van der Waals surface area (Å²) < 4.78 is 2.34. The van der Waals surface area contributed by atoms with Crippen LogP contribution in [-0.4, -0.2) is 10.3 Å². The van der Waals surface area contributed by atoms with Crippen molar-refractivity contribution in [3.8, 4) is 5.69 Å². The summed E-state index contributed by atoms with van der Waals surface area (Å²) in [4.78, 5) is 5.02. The minimum atomic E-state index is 0.687. The standard InChI is InChI=1S/C22H21ClN2/c1-4-16-11-15(3)25-20-9-8-18(23)12-19(20)22(24-13-21(16)25)17-7-5-6-14(2)10-17/h5-12H,4,13H2,1-3H3. The molecule has 2 aromatic carbocycles. The number of hydrogen-bond donors (Lipinski definition) is 0. The van der Waals surface area contributed by atoms with E-state index in [0.29, 0.717) is 6.54 Å². The van der Waals surface area contributed by atoms with Gasteiger partial charge in [-0.1, -0.05) is 42.3 Å². The quantitative estimate of drug-likeness (QED) is 0.568. The predicted octanol–water partition coefficient (Wildman–Crippen LogP) is 5.66. The van der Waals surface area contributed by atoms with Crippen LogP contribution < -0.4 is 0 Å². The Morgan fingerprint density at radius 1 is 1.08 bits per heavy atom. The van der Waals surface area contributed by atoms with E-state index in [1.165, 1.54) is 22.5 Å². The highest BCUT2D eigenvalue weighted by Gasteiger charge is 2.22. The zero-order chi connectivity index (χ0) is 17.6. The van der Waals surface area contributed by atoms with Crippen molar-refractivity contribution in [3.63, 3.8) is 0 Å². The summed E-state index contributed by atoms with van der Waals surface area (Å²) in [5.74, 6) is 0. The molecule has 1 aliphatic heterocycles.